The van der Waals surface area contributed by atoms with Crippen LogP contribution in [-0.4, -0.2) is 38.5 Å². The molecule has 4 fully saturated rings. The molecule has 0 radical (unpaired) electrons. The molecule has 0 aromatic heterocycles. The van der Waals surface area contributed by atoms with Crippen LogP contribution in [0.15, 0.2) is 0 Å². The third-order valence-corrected chi connectivity index (χ3v) is 5.52. The molecule has 4 aliphatic rings. The van der Waals surface area contributed by atoms with E-state index in [4.69, 9.17) is 14.2 Å². The maximum atomic E-state index is 13.1. The van der Waals surface area contributed by atoms with Gasteiger partial charge in [-0.25, -0.2) is 4.79 Å². The lowest BCUT2D eigenvalue weighted by molar-refractivity contribution is -0.208. The fraction of sp³-hybridized carbons (Fsp3) is 0.938. The number of hydrogen-bond donors (Lipinski definition) is 0. The summed E-state index contributed by atoms with van der Waals surface area (Å²) in [5.74, 6) is -3.78. The van der Waals surface area contributed by atoms with Crippen molar-refractivity contribution in [2.24, 2.45) is 23.2 Å². The van der Waals surface area contributed by atoms with E-state index in [1.807, 2.05) is 0 Å². The minimum atomic E-state index is -3.41. The first-order chi connectivity index (χ1) is 10.3. The SMILES string of the molecule is COCOCC12CC3CC(C1)C(OC(=O)C(C)(F)F)C(C3)C2. The molecule has 4 aliphatic carbocycles. The number of methoxy groups -OCH3 is 1. The summed E-state index contributed by atoms with van der Waals surface area (Å²) < 4.78 is 41.9. The zero-order chi connectivity index (χ0) is 16.0. The Bertz CT molecular complexity index is 418. The van der Waals surface area contributed by atoms with Crippen LogP contribution in [-0.2, 0) is 19.0 Å². The van der Waals surface area contributed by atoms with Crippen LogP contribution >= 0.6 is 0 Å². The minimum absolute atomic E-state index is 0.118. The van der Waals surface area contributed by atoms with Gasteiger partial charge >= 0.3 is 11.9 Å². The van der Waals surface area contributed by atoms with Gasteiger partial charge in [0, 0.05) is 14.0 Å². The first-order valence-corrected chi connectivity index (χ1v) is 7.98. The van der Waals surface area contributed by atoms with Gasteiger partial charge in [-0.1, -0.05) is 0 Å². The number of hydrogen-bond acceptors (Lipinski definition) is 4. The van der Waals surface area contributed by atoms with Crippen LogP contribution < -0.4 is 0 Å². The predicted molar refractivity (Wildman–Crippen MR) is 74.3 cm³/mol. The summed E-state index contributed by atoms with van der Waals surface area (Å²) in [4.78, 5) is 11.5. The highest BCUT2D eigenvalue weighted by molar-refractivity contribution is 5.77. The Labute approximate surface area is 129 Å². The Morgan fingerprint density at radius 1 is 1.23 bits per heavy atom. The van der Waals surface area contributed by atoms with E-state index < -0.39 is 11.9 Å². The standard InChI is InChI=1S/C16H24F2O4/c1-15(17,18)14(19)22-13-11-3-10-4-12(13)7-16(5-10,6-11)8-21-9-20-2/h10-13H,3-9H2,1-2H3. The molecule has 0 spiro atoms. The molecule has 0 aromatic carbocycles. The van der Waals surface area contributed by atoms with E-state index in [2.05, 4.69) is 0 Å². The topological polar surface area (TPSA) is 44.8 Å². The Morgan fingerprint density at radius 3 is 2.41 bits per heavy atom. The van der Waals surface area contributed by atoms with Crippen LogP contribution in [0, 0.1) is 23.2 Å². The Balaban J connectivity index is 1.66. The van der Waals surface area contributed by atoms with Crippen molar-refractivity contribution < 1.29 is 27.8 Å². The van der Waals surface area contributed by atoms with Crippen molar-refractivity contribution >= 4 is 5.97 Å². The summed E-state index contributed by atoms with van der Waals surface area (Å²) in [6.07, 6.45) is 4.55. The molecule has 4 nitrogen and oxygen atoms in total. The van der Waals surface area contributed by atoms with Gasteiger partial charge in [0.1, 0.15) is 12.9 Å². The predicted octanol–water partition coefficient (Wildman–Crippen LogP) is 3.00. The Hall–Kier alpha value is -0.750. The third kappa shape index (κ3) is 3.00. The molecule has 0 aromatic rings. The second-order valence-corrected chi connectivity index (χ2v) is 7.48. The monoisotopic (exact) mass is 318 g/mol. The van der Waals surface area contributed by atoms with Crippen molar-refractivity contribution in [3.8, 4) is 0 Å². The number of halogens is 2. The molecule has 2 atom stereocenters. The van der Waals surface area contributed by atoms with E-state index in [0.29, 0.717) is 19.4 Å². The zero-order valence-corrected chi connectivity index (χ0v) is 13.1. The van der Waals surface area contributed by atoms with Crippen LogP contribution in [0.2, 0.25) is 0 Å². The molecule has 2 unspecified atom stereocenters. The highest BCUT2D eigenvalue weighted by Crippen LogP contribution is 2.60. The first kappa shape index (κ1) is 16.1. The minimum Gasteiger partial charge on any atom is -0.457 e. The normalized spacial score (nSPS) is 40.0. The van der Waals surface area contributed by atoms with Gasteiger partial charge in [-0.3, -0.25) is 0 Å². The quantitative estimate of drug-likeness (QED) is 0.429. The van der Waals surface area contributed by atoms with Gasteiger partial charge in [0.25, 0.3) is 0 Å². The highest BCUT2D eigenvalue weighted by atomic mass is 19.3. The van der Waals surface area contributed by atoms with Gasteiger partial charge in [-0.05, 0) is 55.3 Å². The van der Waals surface area contributed by atoms with Crippen LogP contribution in [0.3, 0.4) is 0 Å². The summed E-state index contributed by atoms with van der Waals surface area (Å²) in [5.41, 5.74) is 0.118. The van der Waals surface area contributed by atoms with Crippen LogP contribution in [0.1, 0.15) is 39.0 Å². The van der Waals surface area contributed by atoms with E-state index in [1.165, 1.54) is 0 Å². The lowest BCUT2D eigenvalue weighted by atomic mass is 9.49. The van der Waals surface area contributed by atoms with Gasteiger partial charge < -0.3 is 14.2 Å². The summed E-state index contributed by atoms with van der Waals surface area (Å²) >= 11 is 0. The van der Waals surface area contributed by atoms with Crippen molar-refractivity contribution in [2.75, 3.05) is 20.5 Å². The van der Waals surface area contributed by atoms with E-state index in [1.54, 1.807) is 7.11 Å². The van der Waals surface area contributed by atoms with E-state index in [9.17, 15) is 13.6 Å². The summed E-state index contributed by atoms with van der Waals surface area (Å²) in [5, 5.41) is 0. The summed E-state index contributed by atoms with van der Waals surface area (Å²) in [6.45, 7) is 1.53. The molecule has 4 saturated carbocycles. The van der Waals surface area contributed by atoms with E-state index in [-0.39, 0.29) is 30.1 Å². The molecule has 0 aliphatic heterocycles. The average Bonchev–Trinajstić information content (AvgIpc) is 2.41. The number of alkyl halides is 2. The molecule has 0 N–H and O–H groups in total. The molecule has 126 valence electrons. The Kier molecular flexibility index (Phi) is 4.18. The maximum Gasteiger partial charge on any atom is 0.376 e. The van der Waals surface area contributed by atoms with Crippen molar-refractivity contribution in [2.45, 2.75) is 51.1 Å². The number of esters is 1. The molecule has 6 heteroatoms. The van der Waals surface area contributed by atoms with Crippen molar-refractivity contribution in [1.29, 1.82) is 0 Å². The van der Waals surface area contributed by atoms with Gasteiger partial charge in [0.15, 0.2) is 0 Å². The number of ether oxygens (including phenoxy) is 3. The van der Waals surface area contributed by atoms with Gasteiger partial charge in [-0.15, -0.1) is 0 Å². The fourth-order valence-corrected chi connectivity index (χ4v) is 5.08. The van der Waals surface area contributed by atoms with E-state index >= 15 is 0 Å². The number of rotatable bonds is 6. The van der Waals surface area contributed by atoms with Crippen molar-refractivity contribution in [3.05, 3.63) is 0 Å². The zero-order valence-electron chi connectivity index (χ0n) is 13.1. The Morgan fingerprint density at radius 2 is 1.86 bits per heavy atom. The molecule has 0 saturated heterocycles. The number of carbonyl (C=O) groups excluding carboxylic acids is 1. The second kappa shape index (κ2) is 5.71. The molecule has 4 rings (SSSR count). The molecule has 0 amide bonds. The molecule has 4 bridgehead atoms. The molecule has 22 heavy (non-hydrogen) atoms. The van der Waals surface area contributed by atoms with E-state index in [0.717, 1.165) is 32.1 Å². The average molecular weight is 318 g/mol. The molecule has 0 heterocycles. The fourth-order valence-electron chi connectivity index (χ4n) is 5.08. The van der Waals surface area contributed by atoms with Crippen LogP contribution in [0.4, 0.5) is 8.78 Å². The maximum absolute atomic E-state index is 13.1. The highest BCUT2D eigenvalue weighted by Gasteiger charge is 2.57. The third-order valence-electron chi connectivity index (χ3n) is 5.52. The lowest BCUT2D eigenvalue weighted by Crippen LogP contribution is -2.56. The summed E-state index contributed by atoms with van der Waals surface area (Å²) in [7, 11) is 1.60. The molecular formula is C16H24F2O4. The smallest absolute Gasteiger partial charge is 0.376 e. The summed E-state index contributed by atoms with van der Waals surface area (Å²) in [6, 6.07) is 0. The van der Waals surface area contributed by atoms with Crippen molar-refractivity contribution in [3.63, 3.8) is 0 Å². The largest absolute Gasteiger partial charge is 0.457 e. The number of carbonyl (C=O) groups is 1. The van der Waals surface area contributed by atoms with Gasteiger partial charge in [-0.2, -0.15) is 8.78 Å². The van der Waals surface area contributed by atoms with Crippen LogP contribution in [0.25, 0.3) is 0 Å². The molecular weight excluding hydrogens is 294 g/mol. The van der Waals surface area contributed by atoms with Crippen LogP contribution in [0.5, 0.6) is 0 Å². The van der Waals surface area contributed by atoms with Gasteiger partial charge in [0.2, 0.25) is 0 Å². The lowest BCUT2D eigenvalue weighted by Gasteiger charge is -2.59. The second-order valence-electron chi connectivity index (χ2n) is 7.48. The first-order valence-electron chi connectivity index (χ1n) is 7.98. The van der Waals surface area contributed by atoms with Gasteiger partial charge in [0.05, 0.1) is 6.61 Å². The van der Waals surface area contributed by atoms with Crippen molar-refractivity contribution in [1.82, 2.24) is 0 Å².